The highest BCUT2D eigenvalue weighted by atomic mass is 35.5. The van der Waals surface area contributed by atoms with Gasteiger partial charge in [0.25, 0.3) is 0 Å². The lowest BCUT2D eigenvalue weighted by Crippen LogP contribution is -3.15. The molecule has 0 aromatic heterocycles. The fourth-order valence-corrected chi connectivity index (χ4v) is 4.63. The number of ether oxygens (including phenoxy) is 1. The molecule has 3 rings (SSSR count). The van der Waals surface area contributed by atoms with Crippen LogP contribution in [0.5, 0.6) is 0 Å². The van der Waals surface area contributed by atoms with Crippen molar-refractivity contribution in [3.8, 4) is 0 Å². The van der Waals surface area contributed by atoms with Crippen molar-refractivity contribution in [1.29, 1.82) is 0 Å². The van der Waals surface area contributed by atoms with E-state index in [1.807, 2.05) is 30.3 Å². The lowest BCUT2D eigenvalue weighted by Gasteiger charge is -2.35. The number of hydrogen-bond donors (Lipinski definition) is 2. The van der Waals surface area contributed by atoms with E-state index in [0.29, 0.717) is 5.75 Å². The number of halogens is 1. The molecule has 4 nitrogen and oxygen atoms in total. The maximum absolute atomic E-state index is 12.5. The topological polar surface area (TPSA) is 42.8 Å². The average Bonchev–Trinajstić information content (AvgIpc) is 2.71. The molecule has 0 unspecified atom stereocenters. The molecule has 1 saturated heterocycles. The van der Waals surface area contributed by atoms with E-state index in [4.69, 9.17) is 16.3 Å². The number of carbonyl (C=O) groups is 1. The smallest absolute Gasteiger partial charge is 0.230 e. The molecule has 2 atom stereocenters. The van der Waals surface area contributed by atoms with Gasteiger partial charge >= 0.3 is 0 Å². The van der Waals surface area contributed by atoms with E-state index in [1.165, 1.54) is 16.0 Å². The van der Waals surface area contributed by atoms with Crippen LogP contribution in [0.2, 0.25) is 5.02 Å². The first kappa shape index (κ1) is 21.2. The SMILES string of the molecule is C[C@@H](NC(=O)CSCc1ccc(Cl)cc1)[C@H](c1ccccc1)[NH+]1CCOCC1. The second kappa shape index (κ2) is 10.9. The molecule has 28 heavy (non-hydrogen) atoms. The van der Waals surface area contributed by atoms with Crippen LogP contribution in [0.1, 0.15) is 24.1 Å². The number of thioether (sulfide) groups is 1. The highest BCUT2D eigenvalue weighted by Gasteiger charge is 2.32. The molecule has 1 amide bonds. The summed E-state index contributed by atoms with van der Waals surface area (Å²) in [5.41, 5.74) is 2.44. The second-order valence-corrected chi connectivity index (χ2v) is 8.56. The monoisotopic (exact) mass is 419 g/mol. The number of carbonyl (C=O) groups excluding carboxylic acids is 1. The standard InChI is InChI=1S/C22H27ClN2O2S/c1-17(24-21(26)16-28-15-18-7-9-20(23)10-8-18)22(19-5-3-2-4-6-19)25-11-13-27-14-12-25/h2-10,17,22H,11-16H2,1H3,(H,24,26)/p+1/t17-,22-/m1/s1. The summed E-state index contributed by atoms with van der Waals surface area (Å²) >= 11 is 7.54. The lowest BCUT2D eigenvalue weighted by atomic mass is 9.98. The van der Waals surface area contributed by atoms with Crippen molar-refractivity contribution in [2.45, 2.75) is 24.8 Å². The van der Waals surface area contributed by atoms with E-state index in [0.717, 1.165) is 37.1 Å². The Hall–Kier alpha value is -1.53. The van der Waals surface area contributed by atoms with Crippen molar-refractivity contribution in [3.05, 3.63) is 70.7 Å². The van der Waals surface area contributed by atoms with Gasteiger partial charge in [-0.2, -0.15) is 0 Å². The van der Waals surface area contributed by atoms with Crippen LogP contribution in [0.3, 0.4) is 0 Å². The van der Waals surface area contributed by atoms with Gasteiger partial charge in [-0.3, -0.25) is 4.79 Å². The summed E-state index contributed by atoms with van der Waals surface area (Å²) in [4.78, 5) is 14.0. The molecule has 0 spiro atoms. The molecule has 150 valence electrons. The zero-order chi connectivity index (χ0) is 19.8. The van der Waals surface area contributed by atoms with E-state index in [1.54, 1.807) is 11.8 Å². The van der Waals surface area contributed by atoms with E-state index >= 15 is 0 Å². The molecule has 2 aromatic carbocycles. The third-order valence-electron chi connectivity index (χ3n) is 5.04. The normalized spacial score (nSPS) is 17.1. The van der Waals surface area contributed by atoms with Crippen LogP contribution in [0.4, 0.5) is 0 Å². The molecule has 1 aliphatic rings. The minimum absolute atomic E-state index is 0.0548. The Morgan fingerprint density at radius 2 is 1.82 bits per heavy atom. The fourth-order valence-electron chi connectivity index (χ4n) is 3.70. The van der Waals surface area contributed by atoms with Gasteiger partial charge in [0, 0.05) is 16.3 Å². The van der Waals surface area contributed by atoms with Crippen LogP contribution in [0, 0.1) is 0 Å². The van der Waals surface area contributed by atoms with Gasteiger partial charge in [-0.25, -0.2) is 0 Å². The first-order valence-corrected chi connectivity index (χ1v) is 11.3. The minimum Gasteiger partial charge on any atom is -0.370 e. The van der Waals surface area contributed by atoms with Crippen LogP contribution < -0.4 is 10.2 Å². The number of amides is 1. The molecule has 6 heteroatoms. The molecule has 0 aliphatic carbocycles. The molecule has 0 saturated carbocycles. The molecule has 1 fully saturated rings. The lowest BCUT2D eigenvalue weighted by molar-refractivity contribution is -0.940. The zero-order valence-electron chi connectivity index (χ0n) is 16.2. The van der Waals surface area contributed by atoms with Crippen LogP contribution in [0.25, 0.3) is 0 Å². The quantitative estimate of drug-likeness (QED) is 0.691. The minimum atomic E-state index is 0.0548. The van der Waals surface area contributed by atoms with Gasteiger partial charge in [0.15, 0.2) is 0 Å². The van der Waals surface area contributed by atoms with Gasteiger partial charge in [0.2, 0.25) is 5.91 Å². The summed E-state index contributed by atoms with van der Waals surface area (Å²) < 4.78 is 5.53. The first-order valence-electron chi connectivity index (χ1n) is 9.72. The molecular weight excluding hydrogens is 392 g/mol. The van der Waals surface area contributed by atoms with Crippen molar-refractivity contribution in [3.63, 3.8) is 0 Å². The van der Waals surface area contributed by atoms with Crippen molar-refractivity contribution in [2.24, 2.45) is 0 Å². The molecule has 1 heterocycles. The third-order valence-corrected chi connectivity index (χ3v) is 6.29. The highest BCUT2D eigenvalue weighted by Crippen LogP contribution is 2.17. The molecular formula is C22H28ClN2O2S+. The first-order chi connectivity index (χ1) is 13.6. The summed E-state index contributed by atoms with van der Waals surface area (Å²) in [6.07, 6.45) is 0. The van der Waals surface area contributed by atoms with Crippen molar-refractivity contribution >= 4 is 29.3 Å². The predicted octanol–water partition coefficient (Wildman–Crippen LogP) is 2.73. The van der Waals surface area contributed by atoms with Crippen LogP contribution >= 0.6 is 23.4 Å². The Balaban J connectivity index is 1.55. The van der Waals surface area contributed by atoms with E-state index < -0.39 is 0 Å². The molecule has 0 radical (unpaired) electrons. The Labute approximate surface area is 176 Å². The average molecular weight is 420 g/mol. The Kier molecular flexibility index (Phi) is 8.22. The van der Waals surface area contributed by atoms with E-state index in [9.17, 15) is 4.79 Å². The van der Waals surface area contributed by atoms with Crippen molar-refractivity contribution in [2.75, 3.05) is 32.1 Å². The maximum atomic E-state index is 12.5. The summed E-state index contributed by atoms with van der Waals surface area (Å²) in [6, 6.07) is 18.5. The van der Waals surface area contributed by atoms with Gasteiger partial charge in [0.1, 0.15) is 19.1 Å². The number of hydrogen-bond acceptors (Lipinski definition) is 3. The summed E-state index contributed by atoms with van der Waals surface area (Å²) in [6.45, 7) is 5.59. The van der Waals surface area contributed by atoms with Gasteiger partial charge in [-0.1, -0.05) is 54.1 Å². The predicted molar refractivity (Wildman–Crippen MR) is 116 cm³/mol. The van der Waals surface area contributed by atoms with Crippen LogP contribution in [-0.4, -0.2) is 44.0 Å². The van der Waals surface area contributed by atoms with Gasteiger partial charge in [-0.15, -0.1) is 11.8 Å². The Bertz CT molecular complexity index is 736. The summed E-state index contributed by atoms with van der Waals surface area (Å²) in [7, 11) is 0. The van der Waals surface area contributed by atoms with E-state index in [-0.39, 0.29) is 18.0 Å². The number of quaternary nitrogens is 1. The van der Waals surface area contributed by atoms with Crippen LogP contribution in [-0.2, 0) is 15.3 Å². The third kappa shape index (κ3) is 6.24. The van der Waals surface area contributed by atoms with Gasteiger partial charge in [-0.05, 0) is 24.6 Å². The molecule has 2 aromatic rings. The number of nitrogens with one attached hydrogen (secondary N) is 2. The molecule has 0 bridgehead atoms. The zero-order valence-corrected chi connectivity index (χ0v) is 17.8. The number of rotatable bonds is 8. The van der Waals surface area contributed by atoms with Crippen LogP contribution in [0.15, 0.2) is 54.6 Å². The van der Waals surface area contributed by atoms with E-state index in [2.05, 4.69) is 36.5 Å². The van der Waals surface area contributed by atoms with Crippen molar-refractivity contribution in [1.82, 2.24) is 5.32 Å². The number of benzene rings is 2. The maximum Gasteiger partial charge on any atom is 0.230 e. The fraction of sp³-hybridized carbons (Fsp3) is 0.409. The molecule has 1 aliphatic heterocycles. The Morgan fingerprint density at radius 3 is 2.50 bits per heavy atom. The van der Waals surface area contributed by atoms with Gasteiger partial charge < -0.3 is 15.0 Å². The summed E-state index contributed by atoms with van der Waals surface area (Å²) in [5.74, 6) is 1.34. The number of morpholine rings is 1. The van der Waals surface area contributed by atoms with Crippen molar-refractivity contribution < 1.29 is 14.4 Å². The Morgan fingerprint density at radius 1 is 1.14 bits per heavy atom. The summed E-state index contributed by atoms with van der Waals surface area (Å²) in [5, 5.41) is 3.96. The van der Waals surface area contributed by atoms with Gasteiger partial charge in [0.05, 0.1) is 25.0 Å². The highest BCUT2D eigenvalue weighted by molar-refractivity contribution is 7.99. The largest absolute Gasteiger partial charge is 0.370 e. The second-order valence-electron chi connectivity index (χ2n) is 7.13. The molecule has 2 N–H and O–H groups in total.